The number of likely N-dealkylation sites (tertiary alicyclic amines) is 1. The van der Waals surface area contributed by atoms with Gasteiger partial charge in [0.05, 0.1) is 22.1 Å². The van der Waals surface area contributed by atoms with Crippen molar-refractivity contribution >= 4 is 40.5 Å². The van der Waals surface area contributed by atoms with Crippen LogP contribution in [0.5, 0.6) is 0 Å². The molecule has 3 aliphatic heterocycles. The van der Waals surface area contributed by atoms with Crippen LogP contribution < -0.4 is 0 Å². The Labute approximate surface area is 232 Å². The lowest BCUT2D eigenvalue weighted by Crippen LogP contribution is -2.57. The van der Waals surface area contributed by atoms with Crippen LogP contribution in [-0.2, 0) is 21.1 Å². The lowest BCUT2D eigenvalue weighted by atomic mass is 9.65. The van der Waals surface area contributed by atoms with Gasteiger partial charge in [0.15, 0.2) is 0 Å². The van der Waals surface area contributed by atoms with Crippen LogP contribution in [0.3, 0.4) is 0 Å². The van der Waals surface area contributed by atoms with E-state index in [1.807, 2.05) is 24.3 Å². The number of aromatic nitrogens is 3. The molecule has 1 N–H and O–H groups in total. The van der Waals surface area contributed by atoms with E-state index in [4.69, 9.17) is 0 Å². The predicted molar refractivity (Wildman–Crippen MR) is 149 cm³/mol. The van der Waals surface area contributed by atoms with Crippen LogP contribution in [-0.4, -0.2) is 102 Å². The first-order valence-corrected chi connectivity index (χ1v) is 14.3. The fourth-order valence-electron chi connectivity index (χ4n) is 6.83. The van der Waals surface area contributed by atoms with E-state index in [1.165, 1.54) is 0 Å². The number of likely N-dealkylation sites (N-methyl/N-ethyl adjacent to an activating group) is 1. The molecule has 0 saturated carbocycles. The molecule has 10 nitrogen and oxygen atoms in total. The van der Waals surface area contributed by atoms with Crippen LogP contribution in [0.2, 0.25) is 0 Å². The first-order chi connectivity index (χ1) is 18.8. The monoisotopic (exact) mass is 552 g/mol. The van der Waals surface area contributed by atoms with E-state index in [2.05, 4.69) is 30.4 Å². The number of carbonyl (C=O) groups is 3. The zero-order valence-corrected chi connectivity index (χ0v) is 23.3. The highest BCUT2D eigenvalue weighted by molar-refractivity contribution is 8.02. The Morgan fingerprint density at radius 3 is 2.69 bits per heavy atom. The van der Waals surface area contributed by atoms with Crippen LogP contribution in [0.4, 0.5) is 0 Å². The number of thioether (sulfide) groups is 1. The molecule has 3 aliphatic rings. The summed E-state index contributed by atoms with van der Waals surface area (Å²) in [5, 5.41) is 18.1. The molecule has 4 heterocycles. The summed E-state index contributed by atoms with van der Waals surface area (Å²) in [5.74, 6) is -1.48. The first-order valence-electron chi connectivity index (χ1n) is 13.4. The van der Waals surface area contributed by atoms with Crippen LogP contribution in [0.25, 0.3) is 11.0 Å². The van der Waals surface area contributed by atoms with Crippen LogP contribution in [0.15, 0.2) is 49.6 Å². The molecule has 208 valence electrons. The summed E-state index contributed by atoms with van der Waals surface area (Å²) in [5.41, 5.74) is 1.53. The minimum absolute atomic E-state index is 0.0314. The molecule has 3 unspecified atom stereocenters. The Morgan fingerprint density at radius 1 is 1.23 bits per heavy atom. The minimum Gasteiger partial charge on any atom is -0.396 e. The van der Waals surface area contributed by atoms with Crippen molar-refractivity contribution in [3.05, 3.63) is 49.6 Å². The molecule has 2 bridgehead atoms. The summed E-state index contributed by atoms with van der Waals surface area (Å²) in [6.07, 6.45) is 4.46. The molecule has 39 heavy (non-hydrogen) atoms. The van der Waals surface area contributed by atoms with Gasteiger partial charge in [-0.25, -0.2) is 4.68 Å². The second-order valence-corrected chi connectivity index (χ2v) is 12.3. The van der Waals surface area contributed by atoms with E-state index in [1.54, 1.807) is 50.3 Å². The number of aliphatic hydroxyl groups excluding tert-OH is 1. The molecule has 0 aliphatic carbocycles. The van der Waals surface area contributed by atoms with Gasteiger partial charge in [-0.1, -0.05) is 36.4 Å². The summed E-state index contributed by atoms with van der Waals surface area (Å²) in [7, 11) is 1.73. The van der Waals surface area contributed by atoms with E-state index < -0.39 is 22.6 Å². The van der Waals surface area contributed by atoms with Crippen molar-refractivity contribution in [3.63, 3.8) is 0 Å². The first kappa shape index (κ1) is 27.4. The molecule has 1 aromatic heterocycles. The SMILES string of the molecule is C=CCN(C)C(=O)[C@@H]1[C@@H]2CC(C)C3(S2)C(C(=O)N(CC=C)Cn2nnc4ccccc42)N(CCCO)C(=O)[C@H]13. The third-order valence-electron chi connectivity index (χ3n) is 8.49. The summed E-state index contributed by atoms with van der Waals surface area (Å²) < 4.78 is 0.952. The van der Waals surface area contributed by atoms with E-state index in [9.17, 15) is 19.5 Å². The third-order valence-corrected chi connectivity index (χ3v) is 10.6. The lowest BCUT2D eigenvalue weighted by molar-refractivity contribution is -0.144. The maximum absolute atomic E-state index is 14.5. The number of benzene rings is 1. The van der Waals surface area contributed by atoms with E-state index in [0.717, 1.165) is 17.5 Å². The molecular formula is C28H36N6O4S. The summed E-state index contributed by atoms with van der Waals surface area (Å²) in [6.45, 7) is 10.7. The molecule has 3 saturated heterocycles. The average Bonchev–Trinajstić information content (AvgIpc) is 3.64. The molecule has 6 atom stereocenters. The van der Waals surface area contributed by atoms with Crippen molar-refractivity contribution in [2.75, 3.05) is 33.3 Å². The Bertz CT molecular complexity index is 1300. The van der Waals surface area contributed by atoms with Gasteiger partial charge in [-0.3, -0.25) is 14.4 Å². The lowest BCUT2D eigenvalue weighted by Gasteiger charge is -2.40. The molecule has 0 radical (unpaired) electrons. The number of carbonyl (C=O) groups excluding carboxylic acids is 3. The third kappa shape index (κ3) is 4.26. The molecule has 3 amide bonds. The van der Waals surface area contributed by atoms with Crippen molar-refractivity contribution in [2.24, 2.45) is 17.8 Å². The highest BCUT2D eigenvalue weighted by Crippen LogP contribution is 2.68. The van der Waals surface area contributed by atoms with Crippen molar-refractivity contribution < 1.29 is 19.5 Å². The zero-order chi connectivity index (χ0) is 27.9. The Morgan fingerprint density at radius 2 is 1.97 bits per heavy atom. The van der Waals surface area contributed by atoms with Crippen molar-refractivity contribution in [1.29, 1.82) is 0 Å². The molecule has 1 spiro atoms. The Balaban J connectivity index is 1.54. The van der Waals surface area contributed by atoms with Crippen molar-refractivity contribution in [3.8, 4) is 0 Å². The number of hydrogen-bond donors (Lipinski definition) is 1. The van der Waals surface area contributed by atoms with Gasteiger partial charge in [0.2, 0.25) is 17.7 Å². The largest absolute Gasteiger partial charge is 0.396 e. The number of aliphatic hydroxyl groups is 1. The zero-order valence-electron chi connectivity index (χ0n) is 22.5. The molecule has 3 fully saturated rings. The fraction of sp³-hybridized carbons (Fsp3) is 0.536. The van der Waals surface area contributed by atoms with E-state index >= 15 is 0 Å². The smallest absolute Gasteiger partial charge is 0.248 e. The maximum Gasteiger partial charge on any atom is 0.248 e. The second kappa shape index (κ2) is 10.8. The summed E-state index contributed by atoms with van der Waals surface area (Å²) >= 11 is 1.65. The highest BCUT2D eigenvalue weighted by Gasteiger charge is 2.76. The van der Waals surface area contributed by atoms with Gasteiger partial charge in [0.25, 0.3) is 0 Å². The number of para-hydroxylation sites is 1. The summed E-state index contributed by atoms with van der Waals surface area (Å²) in [6, 6.07) is 6.79. The number of nitrogens with zero attached hydrogens (tertiary/aromatic N) is 6. The van der Waals surface area contributed by atoms with E-state index in [0.29, 0.717) is 13.0 Å². The average molecular weight is 553 g/mol. The fourth-order valence-corrected chi connectivity index (χ4v) is 9.24. The molecule has 5 rings (SSSR count). The van der Waals surface area contributed by atoms with Gasteiger partial charge in [0, 0.05) is 38.5 Å². The number of hydrogen-bond acceptors (Lipinski definition) is 7. The normalized spacial score (nSPS) is 29.1. The maximum atomic E-state index is 14.5. The molecule has 11 heteroatoms. The Kier molecular flexibility index (Phi) is 7.56. The summed E-state index contributed by atoms with van der Waals surface area (Å²) in [4.78, 5) is 47.2. The number of rotatable bonds is 11. The molecule has 2 aromatic rings. The van der Waals surface area contributed by atoms with Crippen molar-refractivity contribution in [2.45, 2.75) is 42.5 Å². The van der Waals surface area contributed by atoms with Crippen LogP contribution in [0.1, 0.15) is 19.8 Å². The number of fused-ring (bicyclic) bond motifs is 2. The minimum atomic E-state index is -0.760. The predicted octanol–water partition coefficient (Wildman–Crippen LogP) is 1.77. The van der Waals surface area contributed by atoms with Crippen LogP contribution in [0, 0.1) is 17.8 Å². The quantitative estimate of drug-likeness (QED) is 0.423. The van der Waals surface area contributed by atoms with E-state index in [-0.39, 0.29) is 55.3 Å². The number of amides is 3. The van der Waals surface area contributed by atoms with Crippen molar-refractivity contribution in [1.82, 2.24) is 29.7 Å². The van der Waals surface area contributed by atoms with Gasteiger partial charge in [-0.15, -0.1) is 30.0 Å². The molecule has 1 aromatic carbocycles. The van der Waals surface area contributed by atoms with Crippen LogP contribution >= 0.6 is 11.8 Å². The van der Waals surface area contributed by atoms with Gasteiger partial charge >= 0.3 is 0 Å². The standard InChI is InChI=1S/C28H36N6O4S/c1-5-12-31(4)25(36)22-21-16-18(3)28(39-21)23(22)26(37)33(14-9-15-35)24(28)27(38)32(13-6-2)17-34-20-11-8-7-10-19(20)29-30-34/h5-8,10-11,18,21-24,35H,1-2,9,12-17H2,3-4H3/t18?,21-,22+,23-,24?,28?/m0/s1. The van der Waals surface area contributed by atoms with Gasteiger partial charge in [-0.05, 0) is 30.9 Å². The van der Waals surface area contributed by atoms with Gasteiger partial charge in [-0.2, -0.15) is 0 Å². The van der Waals surface area contributed by atoms with Gasteiger partial charge in [0.1, 0.15) is 18.2 Å². The topological polar surface area (TPSA) is 112 Å². The Hall–Kier alpha value is -3.18. The second-order valence-electron chi connectivity index (χ2n) is 10.7. The van der Waals surface area contributed by atoms with Gasteiger partial charge < -0.3 is 19.8 Å². The molecular weight excluding hydrogens is 516 g/mol. The highest BCUT2D eigenvalue weighted by atomic mass is 32.2.